The first kappa shape index (κ1) is 20.2. The third kappa shape index (κ3) is 3.94. The number of ether oxygens (including phenoxy) is 1. The van der Waals surface area contributed by atoms with Crippen molar-refractivity contribution in [2.24, 2.45) is 0 Å². The van der Waals surface area contributed by atoms with Gasteiger partial charge in [-0.25, -0.2) is 9.67 Å². The maximum atomic E-state index is 13.3. The number of aryl methyl sites for hydroxylation is 1. The molecule has 0 spiro atoms. The van der Waals surface area contributed by atoms with Crippen LogP contribution in [0.4, 0.5) is 11.4 Å². The summed E-state index contributed by atoms with van der Waals surface area (Å²) in [6.07, 6.45) is 1.72. The van der Waals surface area contributed by atoms with Crippen LogP contribution in [-0.2, 0) is 11.3 Å². The number of carbonyl (C=O) groups excluding carboxylic acids is 1. The summed E-state index contributed by atoms with van der Waals surface area (Å²) in [6.45, 7) is 5.93. The van der Waals surface area contributed by atoms with Crippen LogP contribution in [0.3, 0.4) is 0 Å². The van der Waals surface area contributed by atoms with Crippen molar-refractivity contribution in [3.63, 3.8) is 0 Å². The van der Waals surface area contributed by atoms with Crippen LogP contribution in [0.25, 0.3) is 22.3 Å². The molecule has 162 valence electrons. The van der Waals surface area contributed by atoms with Crippen molar-refractivity contribution in [1.29, 1.82) is 0 Å². The molecule has 0 saturated carbocycles. The van der Waals surface area contributed by atoms with Crippen molar-refractivity contribution in [2.75, 3.05) is 36.5 Å². The molecule has 3 heterocycles. The topological polar surface area (TPSA) is 72.3 Å². The minimum Gasteiger partial charge on any atom is -0.378 e. The number of nitrogens with zero attached hydrogens (tertiary/aromatic N) is 4. The van der Waals surface area contributed by atoms with Crippen molar-refractivity contribution in [3.05, 3.63) is 72.4 Å². The maximum Gasteiger partial charge on any atom is 0.256 e. The van der Waals surface area contributed by atoms with Crippen LogP contribution in [0.15, 0.2) is 66.9 Å². The standard InChI is InChI=1S/C25H25N5O2/c1-2-30-24-22(17-26-30)21(16-23(28-24)18-6-4-3-5-7-18)25(31)27-19-8-10-20(11-9-19)29-12-14-32-15-13-29/h3-11,16-17H,2,12-15H2,1H3,(H,27,31). The number of morpholine rings is 1. The van der Waals surface area contributed by atoms with Crippen molar-refractivity contribution < 1.29 is 9.53 Å². The van der Waals surface area contributed by atoms with Gasteiger partial charge in [0.15, 0.2) is 5.65 Å². The van der Waals surface area contributed by atoms with Crippen LogP contribution in [0, 0.1) is 0 Å². The molecule has 1 N–H and O–H groups in total. The minimum atomic E-state index is -0.177. The molecule has 1 aliphatic heterocycles. The first-order valence-electron chi connectivity index (χ1n) is 10.9. The summed E-state index contributed by atoms with van der Waals surface area (Å²) < 4.78 is 7.24. The molecule has 1 aliphatic rings. The fourth-order valence-corrected chi connectivity index (χ4v) is 4.00. The van der Waals surface area contributed by atoms with E-state index < -0.39 is 0 Å². The number of nitrogens with one attached hydrogen (secondary N) is 1. The second-order valence-corrected chi connectivity index (χ2v) is 7.72. The van der Waals surface area contributed by atoms with Gasteiger partial charge in [0, 0.05) is 36.6 Å². The van der Waals surface area contributed by atoms with E-state index in [1.54, 1.807) is 6.20 Å². The molecule has 7 nitrogen and oxygen atoms in total. The van der Waals surface area contributed by atoms with Crippen LogP contribution in [0.2, 0.25) is 0 Å². The summed E-state index contributed by atoms with van der Waals surface area (Å²) in [5.41, 5.74) is 4.87. The number of pyridine rings is 1. The normalized spacial score (nSPS) is 14.0. The number of fused-ring (bicyclic) bond motifs is 1. The number of aromatic nitrogens is 3. The van der Waals surface area contributed by atoms with Gasteiger partial charge >= 0.3 is 0 Å². The largest absolute Gasteiger partial charge is 0.378 e. The monoisotopic (exact) mass is 427 g/mol. The predicted molar refractivity (Wildman–Crippen MR) is 126 cm³/mol. The Hall–Kier alpha value is -3.71. The Bertz CT molecular complexity index is 1230. The first-order valence-corrected chi connectivity index (χ1v) is 10.9. The van der Waals surface area contributed by atoms with Gasteiger partial charge < -0.3 is 15.0 Å². The number of amides is 1. The van der Waals surface area contributed by atoms with Crippen molar-refractivity contribution in [1.82, 2.24) is 14.8 Å². The SMILES string of the molecule is CCn1ncc2c(C(=O)Nc3ccc(N4CCOCC4)cc3)cc(-c3ccccc3)nc21. The smallest absolute Gasteiger partial charge is 0.256 e. The number of carbonyl (C=O) groups is 1. The molecule has 32 heavy (non-hydrogen) atoms. The molecule has 0 bridgehead atoms. The van der Waals surface area contributed by atoms with Crippen molar-refractivity contribution >= 4 is 28.3 Å². The van der Waals surface area contributed by atoms with E-state index in [4.69, 9.17) is 9.72 Å². The Labute approximate surface area is 186 Å². The molecular formula is C25H25N5O2. The van der Waals surface area contributed by atoms with E-state index in [0.717, 1.165) is 54.3 Å². The van der Waals surface area contributed by atoms with Crippen LogP contribution in [0.1, 0.15) is 17.3 Å². The van der Waals surface area contributed by atoms with Gasteiger partial charge in [-0.1, -0.05) is 30.3 Å². The lowest BCUT2D eigenvalue weighted by molar-refractivity contribution is 0.102. The lowest BCUT2D eigenvalue weighted by Gasteiger charge is -2.28. The highest BCUT2D eigenvalue weighted by atomic mass is 16.5. The third-order valence-electron chi connectivity index (χ3n) is 5.72. The van der Waals surface area contributed by atoms with Gasteiger partial charge in [-0.15, -0.1) is 0 Å². The average molecular weight is 428 g/mol. The number of hydrogen-bond donors (Lipinski definition) is 1. The predicted octanol–water partition coefficient (Wildman–Crippen LogP) is 4.21. The van der Waals surface area contributed by atoms with Crippen molar-refractivity contribution in [2.45, 2.75) is 13.5 Å². The maximum absolute atomic E-state index is 13.3. The van der Waals surface area contributed by atoms with Crippen molar-refractivity contribution in [3.8, 4) is 11.3 Å². The van der Waals surface area contributed by atoms with Gasteiger partial charge in [0.1, 0.15) is 0 Å². The summed E-state index contributed by atoms with van der Waals surface area (Å²) in [7, 11) is 0. The summed E-state index contributed by atoms with van der Waals surface area (Å²) in [5, 5.41) is 8.20. The molecule has 4 aromatic rings. The number of rotatable bonds is 5. The summed E-state index contributed by atoms with van der Waals surface area (Å²) in [6, 6.07) is 19.7. The van der Waals surface area contributed by atoms with Gasteiger partial charge in [0.05, 0.1) is 36.1 Å². The zero-order valence-corrected chi connectivity index (χ0v) is 18.0. The van der Waals surface area contributed by atoms with Gasteiger partial charge in [-0.2, -0.15) is 5.10 Å². The molecule has 0 atom stereocenters. The Balaban J connectivity index is 1.45. The van der Waals surface area contributed by atoms with E-state index in [2.05, 4.69) is 15.3 Å². The fourth-order valence-electron chi connectivity index (χ4n) is 4.00. The van der Waals surface area contributed by atoms with Crippen LogP contribution < -0.4 is 10.2 Å². The zero-order chi connectivity index (χ0) is 21.9. The fraction of sp³-hybridized carbons (Fsp3) is 0.240. The number of benzene rings is 2. The highest BCUT2D eigenvalue weighted by Gasteiger charge is 2.18. The third-order valence-corrected chi connectivity index (χ3v) is 5.72. The van der Waals surface area contributed by atoms with E-state index in [9.17, 15) is 4.79 Å². The highest BCUT2D eigenvalue weighted by Crippen LogP contribution is 2.26. The number of anilines is 2. The molecule has 2 aromatic carbocycles. The summed E-state index contributed by atoms with van der Waals surface area (Å²) in [5.74, 6) is -0.177. The Morgan fingerprint density at radius 1 is 1.06 bits per heavy atom. The first-order chi connectivity index (χ1) is 15.7. The summed E-state index contributed by atoms with van der Waals surface area (Å²) in [4.78, 5) is 20.4. The van der Waals surface area contributed by atoms with E-state index in [0.29, 0.717) is 17.8 Å². The molecule has 1 saturated heterocycles. The Kier molecular flexibility index (Phi) is 5.56. The van der Waals surface area contributed by atoms with Crippen LogP contribution in [0.5, 0.6) is 0 Å². The molecule has 0 aliphatic carbocycles. The van der Waals surface area contributed by atoms with E-state index >= 15 is 0 Å². The van der Waals surface area contributed by atoms with E-state index in [1.807, 2.05) is 72.3 Å². The van der Waals surface area contributed by atoms with Crippen LogP contribution in [-0.4, -0.2) is 47.0 Å². The molecule has 1 amide bonds. The molecule has 0 unspecified atom stereocenters. The zero-order valence-electron chi connectivity index (χ0n) is 18.0. The second kappa shape index (κ2) is 8.80. The molecule has 1 fully saturated rings. The quantitative estimate of drug-likeness (QED) is 0.517. The Morgan fingerprint density at radius 3 is 2.53 bits per heavy atom. The molecule has 2 aromatic heterocycles. The van der Waals surface area contributed by atoms with Gasteiger partial charge in [0.2, 0.25) is 0 Å². The van der Waals surface area contributed by atoms with E-state index in [1.165, 1.54) is 0 Å². The van der Waals surface area contributed by atoms with Crippen LogP contribution >= 0.6 is 0 Å². The number of hydrogen-bond acceptors (Lipinski definition) is 5. The van der Waals surface area contributed by atoms with E-state index in [-0.39, 0.29) is 5.91 Å². The molecular weight excluding hydrogens is 402 g/mol. The van der Waals surface area contributed by atoms with Gasteiger partial charge in [0.25, 0.3) is 5.91 Å². The summed E-state index contributed by atoms with van der Waals surface area (Å²) >= 11 is 0. The van der Waals surface area contributed by atoms with Gasteiger partial charge in [-0.3, -0.25) is 4.79 Å². The highest BCUT2D eigenvalue weighted by molar-refractivity contribution is 6.12. The lowest BCUT2D eigenvalue weighted by atomic mass is 10.1. The second-order valence-electron chi connectivity index (χ2n) is 7.72. The molecule has 0 radical (unpaired) electrons. The average Bonchev–Trinajstić information content (AvgIpc) is 3.28. The lowest BCUT2D eigenvalue weighted by Crippen LogP contribution is -2.36. The Morgan fingerprint density at radius 2 is 1.81 bits per heavy atom. The molecule has 5 rings (SSSR count). The van der Waals surface area contributed by atoms with Gasteiger partial charge in [-0.05, 0) is 37.3 Å². The molecule has 7 heteroatoms. The minimum absolute atomic E-state index is 0.177.